The lowest BCUT2D eigenvalue weighted by atomic mass is 9.94. The highest BCUT2D eigenvalue weighted by atomic mass is 19.4. The molecule has 0 atom stereocenters. The second-order valence-corrected chi connectivity index (χ2v) is 3.94. The lowest BCUT2D eigenvalue weighted by molar-refractivity contribution is -0.337. The van der Waals surface area contributed by atoms with Crippen molar-refractivity contribution in [3.05, 3.63) is 35.9 Å². The molecule has 0 saturated carbocycles. The molecule has 0 amide bonds. The molecule has 108 valence electrons. The van der Waals surface area contributed by atoms with Crippen LogP contribution in [0.25, 0.3) is 0 Å². The lowest BCUT2D eigenvalue weighted by Gasteiger charge is -2.30. The van der Waals surface area contributed by atoms with Crippen LogP contribution in [-0.4, -0.2) is 18.3 Å². The van der Waals surface area contributed by atoms with Crippen molar-refractivity contribution in [3.63, 3.8) is 0 Å². The summed E-state index contributed by atoms with van der Waals surface area (Å²) in [6, 6.07) is 5.99. The van der Waals surface area contributed by atoms with E-state index < -0.39 is 30.6 Å². The molecule has 19 heavy (non-hydrogen) atoms. The van der Waals surface area contributed by atoms with E-state index in [1.807, 2.05) is 0 Å². The van der Waals surface area contributed by atoms with Gasteiger partial charge in [0.2, 0.25) is 5.92 Å². The minimum Gasteiger partial charge on any atom is -0.205 e. The van der Waals surface area contributed by atoms with Gasteiger partial charge >= 0.3 is 12.4 Å². The summed E-state index contributed by atoms with van der Waals surface area (Å²) in [5.74, 6) is -9.63. The molecule has 0 bridgehead atoms. The van der Waals surface area contributed by atoms with Gasteiger partial charge in [-0.3, -0.25) is 0 Å². The summed E-state index contributed by atoms with van der Waals surface area (Å²) >= 11 is 0. The van der Waals surface area contributed by atoms with Crippen LogP contribution in [0.4, 0.5) is 35.1 Å². The standard InChI is InChI=1S/C11H8F8/c12-9(13,6-7-4-2-1-3-5-7)8(10(14,15)16)11(17,18)19/h1-5,8H,6H2. The zero-order valence-electron chi connectivity index (χ0n) is 9.19. The van der Waals surface area contributed by atoms with Crippen molar-refractivity contribution >= 4 is 0 Å². The van der Waals surface area contributed by atoms with Gasteiger partial charge in [-0.25, -0.2) is 8.78 Å². The maximum Gasteiger partial charge on any atom is 0.406 e. The van der Waals surface area contributed by atoms with Crippen molar-refractivity contribution in [1.82, 2.24) is 0 Å². The van der Waals surface area contributed by atoms with Crippen LogP contribution in [0.2, 0.25) is 0 Å². The molecular formula is C11H8F8. The summed E-state index contributed by atoms with van der Waals surface area (Å²) in [6.45, 7) is 0. The fourth-order valence-electron chi connectivity index (χ4n) is 1.63. The lowest BCUT2D eigenvalue weighted by Crippen LogP contribution is -2.49. The quantitative estimate of drug-likeness (QED) is 0.714. The summed E-state index contributed by atoms with van der Waals surface area (Å²) in [7, 11) is 0. The molecule has 0 aromatic heterocycles. The number of hydrogen-bond donors (Lipinski definition) is 0. The van der Waals surface area contributed by atoms with E-state index in [0.717, 1.165) is 12.1 Å². The number of halogens is 8. The van der Waals surface area contributed by atoms with Crippen LogP contribution in [0.15, 0.2) is 30.3 Å². The van der Waals surface area contributed by atoms with Crippen molar-refractivity contribution in [1.29, 1.82) is 0 Å². The number of hydrogen-bond acceptors (Lipinski definition) is 0. The minimum atomic E-state index is -6.06. The molecule has 0 radical (unpaired) electrons. The molecule has 0 heterocycles. The van der Waals surface area contributed by atoms with E-state index in [-0.39, 0.29) is 5.56 Å². The van der Waals surface area contributed by atoms with Crippen LogP contribution in [0.1, 0.15) is 5.56 Å². The predicted molar refractivity (Wildman–Crippen MR) is 50.7 cm³/mol. The largest absolute Gasteiger partial charge is 0.406 e. The van der Waals surface area contributed by atoms with E-state index in [0.29, 0.717) is 0 Å². The molecule has 0 aliphatic heterocycles. The third-order valence-corrected chi connectivity index (χ3v) is 2.36. The van der Waals surface area contributed by atoms with Gasteiger partial charge in [-0.1, -0.05) is 30.3 Å². The van der Waals surface area contributed by atoms with E-state index in [2.05, 4.69) is 0 Å². The van der Waals surface area contributed by atoms with Crippen LogP contribution < -0.4 is 0 Å². The van der Waals surface area contributed by atoms with E-state index in [4.69, 9.17) is 0 Å². The summed E-state index contributed by atoms with van der Waals surface area (Å²) in [6.07, 6.45) is -13.7. The molecule has 1 rings (SSSR count). The van der Waals surface area contributed by atoms with Gasteiger partial charge in [0, 0.05) is 6.42 Å². The molecule has 0 spiro atoms. The molecule has 1 aromatic carbocycles. The molecule has 0 nitrogen and oxygen atoms in total. The zero-order chi connectivity index (χ0) is 14.9. The Labute approximate surface area is 103 Å². The SMILES string of the molecule is FC(F)(F)C(C(F)(F)F)C(F)(F)Cc1ccccc1. The van der Waals surface area contributed by atoms with Crippen molar-refractivity contribution in [2.75, 3.05) is 0 Å². The zero-order valence-corrected chi connectivity index (χ0v) is 9.19. The number of rotatable bonds is 3. The van der Waals surface area contributed by atoms with E-state index in [9.17, 15) is 35.1 Å². The third kappa shape index (κ3) is 4.07. The highest BCUT2D eigenvalue weighted by Crippen LogP contribution is 2.49. The van der Waals surface area contributed by atoms with Gasteiger partial charge in [0.1, 0.15) is 0 Å². The highest BCUT2D eigenvalue weighted by molar-refractivity contribution is 5.17. The van der Waals surface area contributed by atoms with Crippen molar-refractivity contribution in [3.8, 4) is 0 Å². The van der Waals surface area contributed by atoms with Gasteiger partial charge in [0.15, 0.2) is 0 Å². The predicted octanol–water partition coefficient (Wildman–Crippen LogP) is 4.61. The van der Waals surface area contributed by atoms with E-state index >= 15 is 0 Å². The highest BCUT2D eigenvalue weighted by Gasteiger charge is 2.68. The van der Waals surface area contributed by atoms with Gasteiger partial charge in [-0.2, -0.15) is 26.3 Å². The van der Waals surface area contributed by atoms with E-state index in [1.165, 1.54) is 18.2 Å². The molecule has 1 aromatic rings. The van der Waals surface area contributed by atoms with Gasteiger partial charge in [-0.05, 0) is 5.56 Å². The first-order chi connectivity index (χ1) is 8.44. The molecule has 0 saturated heterocycles. The number of alkyl halides is 8. The maximum absolute atomic E-state index is 13.3. The Balaban J connectivity index is 3.07. The molecule has 0 fully saturated rings. The Morgan fingerprint density at radius 3 is 1.53 bits per heavy atom. The van der Waals surface area contributed by atoms with Crippen molar-refractivity contribution in [2.24, 2.45) is 5.92 Å². The Hall–Kier alpha value is -1.34. The topological polar surface area (TPSA) is 0 Å². The minimum absolute atomic E-state index is 0.300. The molecule has 0 aliphatic rings. The molecule has 0 aliphatic carbocycles. The molecule has 8 heteroatoms. The fraction of sp³-hybridized carbons (Fsp3) is 0.455. The summed E-state index contributed by atoms with van der Waals surface area (Å²) in [5, 5.41) is 0. The van der Waals surface area contributed by atoms with Gasteiger partial charge < -0.3 is 0 Å². The average molecular weight is 292 g/mol. The van der Waals surface area contributed by atoms with Crippen LogP contribution in [0.3, 0.4) is 0 Å². The van der Waals surface area contributed by atoms with Crippen molar-refractivity contribution < 1.29 is 35.1 Å². The second-order valence-electron chi connectivity index (χ2n) is 3.94. The normalized spacial score (nSPS) is 13.9. The first kappa shape index (κ1) is 15.7. The smallest absolute Gasteiger partial charge is 0.205 e. The van der Waals surface area contributed by atoms with Crippen molar-refractivity contribution in [2.45, 2.75) is 24.7 Å². The van der Waals surface area contributed by atoms with Crippen LogP contribution in [0.5, 0.6) is 0 Å². The third-order valence-electron chi connectivity index (χ3n) is 2.36. The fourth-order valence-corrected chi connectivity index (χ4v) is 1.63. The molecule has 0 unspecified atom stereocenters. The summed E-state index contributed by atoms with van der Waals surface area (Å²) in [5.41, 5.74) is -0.300. The van der Waals surface area contributed by atoms with Crippen LogP contribution in [0, 0.1) is 5.92 Å². The van der Waals surface area contributed by atoms with Crippen LogP contribution >= 0.6 is 0 Å². The Bertz CT molecular complexity index is 389. The first-order valence-electron chi connectivity index (χ1n) is 5.00. The number of benzene rings is 1. The summed E-state index contributed by atoms with van der Waals surface area (Å²) in [4.78, 5) is 0. The first-order valence-corrected chi connectivity index (χ1v) is 5.00. The van der Waals surface area contributed by atoms with Gasteiger partial charge in [0.05, 0.1) is 0 Å². The Morgan fingerprint density at radius 2 is 1.16 bits per heavy atom. The molecule has 0 N–H and O–H groups in total. The Morgan fingerprint density at radius 1 is 0.737 bits per heavy atom. The molecular weight excluding hydrogens is 284 g/mol. The van der Waals surface area contributed by atoms with Crippen LogP contribution in [-0.2, 0) is 6.42 Å². The van der Waals surface area contributed by atoms with E-state index in [1.54, 1.807) is 0 Å². The Kier molecular flexibility index (Phi) is 4.11. The average Bonchev–Trinajstić information content (AvgIpc) is 2.11. The summed E-state index contributed by atoms with van der Waals surface area (Å²) < 4.78 is 99.9. The monoisotopic (exact) mass is 292 g/mol. The maximum atomic E-state index is 13.3. The van der Waals surface area contributed by atoms with Gasteiger partial charge in [0.25, 0.3) is 5.92 Å². The van der Waals surface area contributed by atoms with Gasteiger partial charge in [-0.15, -0.1) is 0 Å². The second kappa shape index (κ2) is 4.97.